The van der Waals surface area contributed by atoms with Crippen LogP contribution in [0, 0.1) is 5.82 Å². The first kappa shape index (κ1) is 22.0. The van der Waals surface area contributed by atoms with Crippen LogP contribution >= 0.6 is 0 Å². The smallest absolute Gasteiger partial charge is 0.335 e. The van der Waals surface area contributed by atoms with Gasteiger partial charge in [0.2, 0.25) is 0 Å². The Labute approximate surface area is 185 Å². The Morgan fingerprint density at radius 1 is 1.16 bits per heavy atom. The van der Waals surface area contributed by atoms with E-state index in [2.05, 4.69) is 4.90 Å². The Bertz CT molecular complexity index is 989. The average Bonchev–Trinajstić information content (AvgIpc) is 2.77. The predicted molar refractivity (Wildman–Crippen MR) is 116 cm³/mol. The summed E-state index contributed by atoms with van der Waals surface area (Å²) in [5.74, 6) is -1.29. The second-order valence-electron chi connectivity index (χ2n) is 7.90. The van der Waals surface area contributed by atoms with Gasteiger partial charge in [-0.1, -0.05) is 12.1 Å². The molecule has 0 bridgehead atoms. The van der Waals surface area contributed by atoms with Crippen LogP contribution in [0.5, 0.6) is 5.75 Å². The number of carboxylic acid groups (broad SMARTS) is 1. The van der Waals surface area contributed by atoms with E-state index in [1.807, 2.05) is 0 Å². The topological polar surface area (TPSA) is 82.5 Å². The fourth-order valence-corrected chi connectivity index (χ4v) is 3.91. The van der Waals surface area contributed by atoms with Crippen LogP contribution in [0.1, 0.15) is 15.9 Å². The molecule has 9 heteroatoms. The molecule has 2 aliphatic rings. The number of amides is 2. The minimum absolute atomic E-state index is 0.0333. The summed E-state index contributed by atoms with van der Waals surface area (Å²) in [6.45, 7) is 4.08. The molecule has 4 rings (SSSR count). The number of carbonyl (C=O) groups excluding carboxylic acids is 1. The van der Waals surface area contributed by atoms with E-state index < -0.39 is 11.8 Å². The Morgan fingerprint density at radius 2 is 1.91 bits per heavy atom. The summed E-state index contributed by atoms with van der Waals surface area (Å²) in [6.07, 6.45) is 0. The molecule has 2 fully saturated rings. The minimum atomic E-state index is -1.20. The highest BCUT2D eigenvalue weighted by Gasteiger charge is 2.32. The standard InChI is InChI=1S/C23H26FN3O5/c1-31-20-4-2-3-18(12-20)27(13-17-6-5-16(22(28)29)11-21(17)24)23(30)26-9-7-25(8-10-26)19-14-32-15-19/h2-6,11-12,19H,7-10,13-15H2,1H3,(H,28,29). The Balaban J connectivity index is 1.56. The highest BCUT2D eigenvalue weighted by Crippen LogP contribution is 2.26. The van der Waals surface area contributed by atoms with E-state index in [1.54, 1.807) is 36.3 Å². The van der Waals surface area contributed by atoms with Gasteiger partial charge in [-0.25, -0.2) is 14.0 Å². The summed E-state index contributed by atoms with van der Waals surface area (Å²) in [7, 11) is 1.54. The van der Waals surface area contributed by atoms with E-state index in [4.69, 9.17) is 14.6 Å². The van der Waals surface area contributed by atoms with Gasteiger partial charge in [0.05, 0.1) is 38.5 Å². The third-order valence-corrected chi connectivity index (χ3v) is 5.95. The van der Waals surface area contributed by atoms with E-state index in [0.717, 1.165) is 32.4 Å². The highest BCUT2D eigenvalue weighted by molar-refractivity contribution is 5.92. The summed E-state index contributed by atoms with van der Waals surface area (Å²) in [5, 5.41) is 9.09. The lowest BCUT2D eigenvalue weighted by molar-refractivity contribution is -0.0738. The molecule has 0 aliphatic carbocycles. The number of halogens is 1. The first-order chi connectivity index (χ1) is 15.5. The van der Waals surface area contributed by atoms with Crippen molar-refractivity contribution in [2.45, 2.75) is 12.6 Å². The molecular formula is C23H26FN3O5. The summed E-state index contributed by atoms with van der Waals surface area (Å²) in [6, 6.07) is 11.0. The van der Waals surface area contributed by atoms with Crippen molar-refractivity contribution in [3.63, 3.8) is 0 Å². The van der Waals surface area contributed by atoms with Crippen molar-refractivity contribution < 1.29 is 28.6 Å². The highest BCUT2D eigenvalue weighted by atomic mass is 19.1. The number of rotatable bonds is 6. The summed E-state index contributed by atoms with van der Waals surface area (Å²) >= 11 is 0. The zero-order valence-corrected chi connectivity index (χ0v) is 17.9. The van der Waals surface area contributed by atoms with Crippen LogP contribution in [-0.4, -0.2) is 79.5 Å². The SMILES string of the molecule is COc1cccc(N(Cc2ccc(C(=O)O)cc2F)C(=O)N2CCN(C3COC3)CC2)c1. The van der Waals surface area contributed by atoms with Crippen molar-refractivity contribution in [2.24, 2.45) is 0 Å². The maximum Gasteiger partial charge on any atom is 0.335 e. The fraction of sp³-hybridized carbons (Fsp3) is 0.391. The molecule has 170 valence electrons. The average molecular weight is 443 g/mol. The molecule has 2 amide bonds. The molecule has 0 radical (unpaired) electrons. The number of benzene rings is 2. The zero-order valence-electron chi connectivity index (χ0n) is 17.9. The monoisotopic (exact) mass is 443 g/mol. The molecule has 32 heavy (non-hydrogen) atoms. The van der Waals surface area contributed by atoms with Gasteiger partial charge in [-0.05, 0) is 24.3 Å². The van der Waals surface area contributed by atoms with Crippen molar-refractivity contribution in [1.82, 2.24) is 9.80 Å². The van der Waals surface area contributed by atoms with Crippen LogP contribution in [0.15, 0.2) is 42.5 Å². The first-order valence-electron chi connectivity index (χ1n) is 10.5. The minimum Gasteiger partial charge on any atom is -0.497 e. The van der Waals surface area contributed by atoms with E-state index in [1.165, 1.54) is 17.0 Å². The maximum atomic E-state index is 14.7. The molecule has 2 aliphatic heterocycles. The van der Waals surface area contributed by atoms with Crippen molar-refractivity contribution >= 4 is 17.7 Å². The lowest BCUT2D eigenvalue weighted by Crippen LogP contribution is -2.59. The van der Waals surface area contributed by atoms with Crippen LogP contribution < -0.4 is 9.64 Å². The largest absolute Gasteiger partial charge is 0.497 e. The molecule has 2 aromatic rings. The van der Waals surface area contributed by atoms with Crippen molar-refractivity contribution in [2.75, 3.05) is 51.4 Å². The van der Waals surface area contributed by atoms with Crippen molar-refractivity contribution in [3.8, 4) is 5.75 Å². The van der Waals surface area contributed by atoms with Gasteiger partial charge in [0.15, 0.2) is 0 Å². The number of nitrogens with zero attached hydrogens (tertiary/aromatic N) is 3. The Hall–Kier alpha value is -3.17. The predicted octanol–water partition coefficient (Wildman–Crippen LogP) is 2.68. The van der Waals surface area contributed by atoms with Crippen LogP contribution in [0.4, 0.5) is 14.9 Å². The quantitative estimate of drug-likeness (QED) is 0.739. The van der Waals surface area contributed by atoms with Crippen LogP contribution in [0.25, 0.3) is 0 Å². The lowest BCUT2D eigenvalue weighted by Gasteiger charge is -2.43. The molecular weight excluding hydrogens is 417 g/mol. The van der Waals surface area contributed by atoms with Crippen LogP contribution in [-0.2, 0) is 11.3 Å². The van der Waals surface area contributed by atoms with Gasteiger partial charge < -0.3 is 19.5 Å². The number of anilines is 1. The lowest BCUT2D eigenvalue weighted by atomic mass is 10.1. The third-order valence-electron chi connectivity index (χ3n) is 5.95. The number of piperazine rings is 1. The third kappa shape index (κ3) is 4.68. The van der Waals surface area contributed by atoms with Gasteiger partial charge in [0, 0.05) is 43.5 Å². The first-order valence-corrected chi connectivity index (χ1v) is 10.5. The number of carboxylic acids is 1. The number of carbonyl (C=O) groups is 2. The van der Waals surface area contributed by atoms with Crippen LogP contribution in [0.2, 0.25) is 0 Å². The summed E-state index contributed by atoms with van der Waals surface area (Å²) in [4.78, 5) is 30.2. The van der Waals surface area contributed by atoms with Crippen molar-refractivity contribution in [3.05, 3.63) is 59.4 Å². The second-order valence-corrected chi connectivity index (χ2v) is 7.90. The second kappa shape index (κ2) is 9.54. The molecule has 2 aromatic carbocycles. The number of urea groups is 1. The molecule has 1 N–H and O–H groups in total. The Morgan fingerprint density at radius 3 is 2.50 bits per heavy atom. The van der Waals surface area contributed by atoms with Gasteiger partial charge in [0.25, 0.3) is 0 Å². The number of ether oxygens (including phenoxy) is 2. The number of hydrogen-bond donors (Lipinski definition) is 1. The molecule has 2 saturated heterocycles. The van der Waals surface area contributed by atoms with Gasteiger partial charge in [-0.2, -0.15) is 0 Å². The molecule has 0 spiro atoms. The van der Waals surface area contributed by atoms with Crippen LogP contribution in [0.3, 0.4) is 0 Å². The normalized spacial score (nSPS) is 17.0. The van der Waals surface area contributed by atoms with E-state index in [0.29, 0.717) is 30.6 Å². The molecule has 0 aromatic heterocycles. The Kier molecular flexibility index (Phi) is 6.57. The summed E-state index contributed by atoms with van der Waals surface area (Å²) < 4.78 is 25.2. The van der Waals surface area contributed by atoms with Gasteiger partial charge in [0.1, 0.15) is 11.6 Å². The van der Waals surface area contributed by atoms with E-state index >= 15 is 0 Å². The zero-order chi connectivity index (χ0) is 22.7. The molecule has 0 unspecified atom stereocenters. The molecule has 0 saturated carbocycles. The maximum absolute atomic E-state index is 14.7. The number of hydrogen-bond acceptors (Lipinski definition) is 5. The van der Waals surface area contributed by atoms with Gasteiger partial charge >= 0.3 is 12.0 Å². The van der Waals surface area contributed by atoms with E-state index in [9.17, 15) is 14.0 Å². The molecule has 0 atom stereocenters. The van der Waals surface area contributed by atoms with E-state index in [-0.39, 0.29) is 23.7 Å². The number of methoxy groups -OCH3 is 1. The molecule has 2 heterocycles. The summed E-state index contributed by atoms with van der Waals surface area (Å²) in [5.41, 5.74) is 0.670. The van der Waals surface area contributed by atoms with Crippen molar-refractivity contribution in [1.29, 1.82) is 0 Å². The van der Waals surface area contributed by atoms with Gasteiger partial charge in [-0.15, -0.1) is 0 Å². The molecule has 8 nitrogen and oxygen atoms in total. The fourth-order valence-electron chi connectivity index (χ4n) is 3.91. The van der Waals surface area contributed by atoms with Gasteiger partial charge in [-0.3, -0.25) is 9.80 Å². The number of aromatic carboxylic acids is 1.